The van der Waals surface area contributed by atoms with Gasteiger partial charge < -0.3 is 0 Å². The molecular formula is C22H16FN3S. The Balaban J connectivity index is 1.72. The molecule has 0 aliphatic heterocycles. The average molecular weight is 373 g/mol. The molecule has 4 heterocycles. The van der Waals surface area contributed by atoms with E-state index in [4.69, 9.17) is 0 Å². The van der Waals surface area contributed by atoms with E-state index in [0.29, 0.717) is 6.42 Å². The Morgan fingerprint density at radius 1 is 0.852 bits per heavy atom. The van der Waals surface area contributed by atoms with E-state index in [0.717, 1.165) is 17.7 Å². The second-order valence-corrected chi connectivity index (χ2v) is 7.76. The second-order valence-electron chi connectivity index (χ2n) is 6.84. The van der Waals surface area contributed by atoms with Gasteiger partial charge in [-0.1, -0.05) is 6.07 Å². The van der Waals surface area contributed by atoms with Crippen LogP contribution in [0.4, 0.5) is 4.39 Å². The lowest BCUT2D eigenvalue weighted by atomic mass is 9.70. The summed E-state index contributed by atoms with van der Waals surface area (Å²) in [5, 5.41) is 2.12. The fraction of sp³-hybridized carbons (Fsp3) is 0.136. The SMILES string of the molecule is Fc1cc(CC2(Cc3ccncc3)c3cccnc3-c3sccc32)ccn1. The maximum absolute atomic E-state index is 13.8. The van der Waals surface area contributed by atoms with Crippen molar-refractivity contribution in [3.63, 3.8) is 0 Å². The number of halogens is 1. The summed E-state index contributed by atoms with van der Waals surface area (Å²) in [6, 6.07) is 13.9. The molecule has 5 heteroatoms. The molecule has 0 radical (unpaired) electrons. The van der Waals surface area contributed by atoms with Gasteiger partial charge in [0, 0.05) is 30.2 Å². The Bertz CT molecular complexity index is 1110. The van der Waals surface area contributed by atoms with Gasteiger partial charge in [-0.25, -0.2) is 4.98 Å². The molecular weight excluding hydrogens is 357 g/mol. The second kappa shape index (κ2) is 6.35. The van der Waals surface area contributed by atoms with Gasteiger partial charge in [-0.2, -0.15) is 4.39 Å². The van der Waals surface area contributed by atoms with Crippen molar-refractivity contribution < 1.29 is 4.39 Å². The van der Waals surface area contributed by atoms with Crippen molar-refractivity contribution >= 4 is 11.3 Å². The molecule has 0 spiro atoms. The highest BCUT2D eigenvalue weighted by Crippen LogP contribution is 2.53. The topological polar surface area (TPSA) is 38.7 Å². The molecule has 1 aliphatic carbocycles. The molecule has 0 N–H and O–H groups in total. The van der Waals surface area contributed by atoms with Crippen LogP contribution in [0.25, 0.3) is 10.6 Å². The number of nitrogens with zero attached hydrogens (tertiary/aromatic N) is 3. The third kappa shape index (κ3) is 2.66. The highest BCUT2D eigenvalue weighted by Gasteiger charge is 2.44. The van der Waals surface area contributed by atoms with Gasteiger partial charge in [0.25, 0.3) is 0 Å². The van der Waals surface area contributed by atoms with Crippen LogP contribution in [0.2, 0.25) is 0 Å². The molecule has 3 nitrogen and oxygen atoms in total. The van der Waals surface area contributed by atoms with Crippen molar-refractivity contribution in [1.29, 1.82) is 0 Å². The average Bonchev–Trinajstić information content (AvgIpc) is 3.26. The molecule has 1 aliphatic rings. The van der Waals surface area contributed by atoms with Crippen molar-refractivity contribution in [3.05, 3.63) is 101 Å². The van der Waals surface area contributed by atoms with Crippen LogP contribution >= 0.6 is 11.3 Å². The van der Waals surface area contributed by atoms with Crippen molar-refractivity contribution in [2.45, 2.75) is 18.3 Å². The van der Waals surface area contributed by atoms with E-state index in [1.807, 2.05) is 30.7 Å². The van der Waals surface area contributed by atoms with Crippen molar-refractivity contribution in [1.82, 2.24) is 15.0 Å². The third-order valence-corrected chi connectivity index (χ3v) is 6.19. The van der Waals surface area contributed by atoms with Crippen LogP contribution in [0.15, 0.2) is 72.6 Å². The van der Waals surface area contributed by atoms with E-state index in [1.165, 1.54) is 27.6 Å². The van der Waals surface area contributed by atoms with Crippen molar-refractivity contribution in [3.8, 4) is 10.6 Å². The Morgan fingerprint density at radius 2 is 1.67 bits per heavy atom. The summed E-state index contributed by atoms with van der Waals surface area (Å²) in [6.07, 6.45) is 8.53. The summed E-state index contributed by atoms with van der Waals surface area (Å²) in [7, 11) is 0. The van der Waals surface area contributed by atoms with Crippen LogP contribution in [0, 0.1) is 5.95 Å². The summed E-state index contributed by atoms with van der Waals surface area (Å²) in [5.74, 6) is -0.443. The Hall–Kier alpha value is -2.92. The van der Waals surface area contributed by atoms with Crippen LogP contribution in [0.1, 0.15) is 22.3 Å². The van der Waals surface area contributed by atoms with E-state index >= 15 is 0 Å². The first kappa shape index (κ1) is 16.3. The van der Waals surface area contributed by atoms with Crippen LogP contribution in [0.5, 0.6) is 0 Å². The van der Waals surface area contributed by atoms with Gasteiger partial charge in [-0.05, 0) is 76.9 Å². The molecule has 0 saturated heterocycles. The minimum absolute atomic E-state index is 0.284. The summed E-state index contributed by atoms with van der Waals surface area (Å²) >= 11 is 1.72. The molecule has 5 rings (SSSR count). The van der Waals surface area contributed by atoms with Gasteiger partial charge in [0.2, 0.25) is 5.95 Å². The smallest absolute Gasteiger partial charge is 0.213 e. The quantitative estimate of drug-likeness (QED) is 0.481. The minimum atomic E-state index is -0.443. The predicted molar refractivity (Wildman–Crippen MR) is 104 cm³/mol. The van der Waals surface area contributed by atoms with Crippen molar-refractivity contribution in [2.75, 3.05) is 0 Å². The molecule has 0 aromatic carbocycles. The zero-order chi connectivity index (χ0) is 18.3. The van der Waals surface area contributed by atoms with E-state index in [1.54, 1.807) is 17.5 Å². The summed E-state index contributed by atoms with van der Waals surface area (Å²) < 4.78 is 13.8. The van der Waals surface area contributed by atoms with E-state index in [-0.39, 0.29) is 5.41 Å². The maximum atomic E-state index is 13.8. The molecule has 4 aromatic rings. The van der Waals surface area contributed by atoms with E-state index in [9.17, 15) is 4.39 Å². The Labute approximate surface area is 160 Å². The van der Waals surface area contributed by atoms with Gasteiger partial charge in [0.1, 0.15) is 0 Å². The molecule has 27 heavy (non-hydrogen) atoms. The van der Waals surface area contributed by atoms with Crippen LogP contribution in [-0.2, 0) is 18.3 Å². The first-order chi connectivity index (χ1) is 13.3. The summed E-state index contributed by atoms with van der Waals surface area (Å²) in [5.41, 5.74) is 5.38. The number of aromatic nitrogens is 3. The van der Waals surface area contributed by atoms with Crippen molar-refractivity contribution in [2.24, 2.45) is 0 Å². The molecule has 132 valence electrons. The molecule has 4 aromatic heterocycles. The van der Waals surface area contributed by atoms with Gasteiger partial charge in [-0.15, -0.1) is 11.3 Å². The summed E-state index contributed by atoms with van der Waals surface area (Å²) in [6.45, 7) is 0. The molecule has 0 bridgehead atoms. The highest BCUT2D eigenvalue weighted by atomic mass is 32.1. The highest BCUT2D eigenvalue weighted by molar-refractivity contribution is 7.13. The fourth-order valence-electron chi connectivity index (χ4n) is 4.18. The first-order valence-corrected chi connectivity index (χ1v) is 9.67. The number of rotatable bonds is 4. The lowest BCUT2D eigenvalue weighted by molar-refractivity contribution is 0.514. The van der Waals surface area contributed by atoms with Crippen LogP contribution < -0.4 is 0 Å². The molecule has 0 saturated carbocycles. The molecule has 1 unspecified atom stereocenters. The van der Waals surface area contributed by atoms with E-state index in [2.05, 4.69) is 44.6 Å². The van der Waals surface area contributed by atoms with Gasteiger partial charge in [0.15, 0.2) is 0 Å². The normalized spacial score (nSPS) is 17.5. The van der Waals surface area contributed by atoms with Crippen LogP contribution in [-0.4, -0.2) is 15.0 Å². The summed E-state index contributed by atoms with van der Waals surface area (Å²) in [4.78, 5) is 13.8. The zero-order valence-corrected chi connectivity index (χ0v) is 15.3. The number of thiophene rings is 1. The first-order valence-electron chi connectivity index (χ1n) is 8.79. The van der Waals surface area contributed by atoms with E-state index < -0.39 is 5.95 Å². The standard InChI is InChI=1S/C22H16FN3S/c23-19-12-16(5-10-25-19)14-22(13-15-3-8-24-9-4-15)17-2-1-7-26-20(17)21-18(22)6-11-27-21/h1-12H,13-14H2. The lowest BCUT2D eigenvalue weighted by Crippen LogP contribution is -2.31. The largest absolute Gasteiger partial charge is 0.265 e. The number of hydrogen-bond donors (Lipinski definition) is 0. The predicted octanol–water partition coefficient (Wildman–Crippen LogP) is 4.82. The van der Waals surface area contributed by atoms with Gasteiger partial charge in [0.05, 0.1) is 10.6 Å². The fourth-order valence-corrected chi connectivity index (χ4v) is 5.19. The van der Waals surface area contributed by atoms with Gasteiger partial charge in [-0.3, -0.25) is 9.97 Å². The molecule has 0 amide bonds. The Morgan fingerprint density at radius 3 is 2.52 bits per heavy atom. The molecule has 1 atom stereocenters. The monoisotopic (exact) mass is 373 g/mol. The lowest BCUT2D eigenvalue weighted by Gasteiger charge is -2.32. The number of pyridine rings is 3. The zero-order valence-electron chi connectivity index (χ0n) is 14.5. The molecule has 0 fully saturated rings. The Kier molecular flexibility index (Phi) is 3.83. The number of hydrogen-bond acceptors (Lipinski definition) is 4. The van der Waals surface area contributed by atoms with Gasteiger partial charge >= 0.3 is 0 Å². The number of fused-ring (bicyclic) bond motifs is 3. The third-order valence-electron chi connectivity index (χ3n) is 5.27. The maximum Gasteiger partial charge on any atom is 0.213 e. The minimum Gasteiger partial charge on any atom is -0.265 e. The van der Waals surface area contributed by atoms with Crippen LogP contribution in [0.3, 0.4) is 0 Å².